The number of hydrogen-bond donors (Lipinski definition) is 2. The zero-order chi connectivity index (χ0) is 9.26. The number of aromatic nitrogens is 1. The molecular weight excluding hydrogens is 162 g/mol. The van der Waals surface area contributed by atoms with Gasteiger partial charge in [0.2, 0.25) is 0 Å². The quantitative estimate of drug-likeness (QED) is 0.721. The minimum absolute atomic E-state index is 0.196. The summed E-state index contributed by atoms with van der Waals surface area (Å²) in [4.78, 5) is 3.19. The minimum Gasteiger partial charge on any atom is -0.396 e. The van der Waals surface area contributed by atoms with Crippen molar-refractivity contribution in [2.75, 3.05) is 6.61 Å². The van der Waals surface area contributed by atoms with Crippen molar-refractivity contribution in [3.8, 4) is 0 Å². The summed E-state index contributed by atoms with van der Waals surface area (Å²) in [5.74, 6) is 0.205. The van der Waals surface area contributed by atoms with Gasteiger partial charge in [0, 0.05) is 29.6 Å². The number of benzene rings is 1. The van der Waals surface area contributed by atoms with Crippen LogP contribution in [0.4, 0.5) is 0 Å². The van der Waals surface area contributed by atoms with Gasteiger partial charge in [-0.05, 0) is 11.6 Å². The fourth-order valence-electron chi connectivity index (χ4n) is 1.60. The molecule has 0 radical (unpaired) electrons. The van der Waals surface area contributed by atoms with E-state index < -0.39 is 0 Å². The lowest BCUT2D eigenvalue weighted by molar-refractivity contribution is 0.273. The number of aromatic amines is 1. The number of aliphatic hydroxyl groups is 1. The van der Waals surface area contributed by atoms with Gasteiger partial charge in [-0.2, -0.15) is 0 Å². The average Bonchev–Trinajstić information content (AvgIpc) is 2.60. The van der Waals surface area contributed by atoms with Gasteiger partial charge in [0.15, 0.2) is 0 Å². The summed E-state index contributed by atoms with van der Waals surface area (Å²) in [6, 6.07) is 8.15. The van der Waals surface area contributed by atoms with Crippen LogP contribution in [0.25, 0.3) is 10.9 Å². The molecule has 0 bridgehead atoms. The van der Waals surface area contributed by atoms with Crippen molar-refractivity contribution in [1.29, 1.82) is 0 Å². The van der Waals surface area contributed by atoms with E-state index in [2.05, 4.69) is 11.1 Å². The summed E-state index contributed by atoms with van der Waals surface area (Å²) in [6.45, 7) is 2.22. The van der Waals surface area contributed by atoms with Crippen molar-refractivity contribution >= 4 is 10.9 Å². The third-order valence-electron chi connectivity index (χ3n) is 2.43. The van der Waals surface area contributed by atoms with Gasteiger partial charge >= 0.3 is 0 Å². The topological polar surface area (TPSA) is 36.0 Å². The first-order valence-electron chi connectivity index (χ1n) is 4.50. The lowest BCUT2D eigenvalue weighted by atomic mass is 10.0. The Morgan fingerprint density at radius 3 is 2.92 bits per heavy atom. The van der Waals surface area contributed by atoms with E-state index in [0.29, 0.717) is 0 Å². The lowest BCUT2D eigenvalue weighted by Gasteiger charge is -2.04. The SMILES string of the molecule is CC(CO)c1c[nH]c2ccccc12. The van der Waals surface area contributed by atoms with Crippen LogP contribution in [-0.2, 0) is 0 Å². The zero-order valence-electron chi connectivity index (χ0n) is 7.62. The zero-order valence-corrected chi connectivity index (χ0v) is 7.62. The molecule has 0 aliphatic heterocycles. The summed E-state index contributed by atoms with van der Waals surface area (Å²) < 4.78 is 0. The second kappa shape index (κ2) is 3.23. The van der Waals surface area contributed by atoms with E-state index in [0.717, 1.165) is 5.52 Å². The molecule has 2 N–H and O–H groups in total. The Labute approximate surface area is 77.2 Å². The normalized spacial score (nSPS) is 13.4. The highest BCUT2D eigenvalue weighted by Gasteiger charge is 2.08. The maximum atomic E-state index is 9.05. The third kappa shape index (κ3) is 1.33. The van der Waals surface area contributed by atoms with Crippen LogP contribution in [0.1, 0.15) is 18.4 Å². The number of nitrogens with one attached hydrogen (secondary N) is 1. The number of H-pyrrole nitrogens is 1. The molecular formula is C11H13NO. The Kier molecular flexibility index (Phi) is 2.07. The first-order valence-corrected chi connectivity index (χ1v) is 4.50. The van der Waals surface area contributed by atoms with E-state index in [1.165, 1.54) is 10.9 Å². The first-order chi connectivity index (χ1) is 6.33. The highest BCUT2D eigenvalue weighted by atomic mass is 16.3. The molecule has 0 saturated carbocycles. The van der Waals surface area contributed by atoms with Crippen molar-refractivity contribution in [2.24, 2.45) is 0 Å². The van der Waals surface area contributed by atoms with E-state index in [-0.39, 0.29) is 12.5 Å². The van der Waals surface area contributed by atoms with Crippen LogP contribution in [0.2, 0.25) is 0 Å². The first kappa shape index (κ1) is 8.32. The maximum Gasteiger partial charge on any atom is 0.0497 e. The second-order valence-corrected chi connectivity index (χ2v) is 3.37. The van der Waals surface area contributed by atoms with Crippen molar-refractivity contribution in [2.45, 2.75) is 12.8 Å². The van der Waals surface area contributed by atoms with Crippen LogP contribution in [-0.4, -0.2) is 16.7 Å². The van der Waals surface area contributed by atoms with Gasteiger partial charge in [-0.3, -0.25) is 0 Å². The van der Waals surface area contributed by atoms with Gasteiger partial charge in [0.05, 0.1) is 0 Å². The van der Waals surface area contributed by atoms with Crippen LogP contribution in [0.5, 0.6) is 0 Å². The standard InChI is InChI=1S/C11H13NO/c1-8(7-13)10-6-12-11-5-3-2-4-9(10)11/h2-6,8,12-13H,7H2,1H3. The predicted molar refractivity (Wildman–Crippen MR) is 53.8 cm³/mol. The molecule has 1 aromatic heterocycles. The maximum absolute atomic E-state index is 9.05. The molecule has 0 fully saturated rings. The monoisotopic (exact) mass is 175 g/mol. The smallest absolute Gasteiger partial charge is 0.0497 e. The Morgan fingerprint density at radius 2 is 2.15 bits per heavy atom. The van der Waals surface area contributed by atoms with Crippen molar-refractivity contribution in [3.63, 3.8) is 0 Å². The summed E-state index contributed by atoms with van der Waals surface area (Å²) in [6.07, 6.45) is 1.98. The fraction of sp³-hybridized carbons (Fsp3) is 0.273. The van der Waals surface area contributed by atoms with Crippen LogP contribution < -0.4 is 0 Å². The molecule has 0 aliphatic rings. The summed E-state index contributed by atoms with van der Waals surface area (Å²) in [5.41, 5.74) is 2.33. The number of para-hydroxylation sites is 1. The Bertz CT molecular complexity index is 405. The highest BCUT2D eigenvalue weighted by Crippen LogP contribution is 2.24. The number of fused-ring (bicyclic) bond motifs is 1. The lowest BCUT2D eigenvalue weighted by Crippen LogP contribution is -1.96. The van der Waals surface area contributed by atoms with E-state index in [9.17, 15) is 0 Å². The van der Waals surface area contributed by atoms with Crippen molar-refractivity contribution in [1.82, 2.24) is 4.98 Å². The summed E-state index contributed by atoms with van der Waals surface area (Å²) in [7, 11) is 0. The molecule has 2 nitrogen and oxygen atoms in total. The van der Waals surface area contributed by atoms with Gasteiger partial charge in [-0.25, -0.2) is 0 Å². The van der Waals surface area contributed by atoms with Gasteiger partial charge in [0.1, 0.15) is 0 Å². The second-order valence-electron chi connectivity index (χ2n) is 3.37. The molecule has 2 heteroatoms. The van der Waals surface area contributed by atoms with E-state index in [4.69, 9.17) is 5.11 Å². The van der Waals surface area contributed by atoms with E-state index >= 15 is 0 Å². The number of aliphatic hydroxyl groups excluding tert-OH is 1. The molecule has 1 heterocycles. The molecule has 68 valence electrons. The van der Waals surface area contributed by atoms with Gasteiger partial charge in [0.25, 0.3) is 0 Å². The average molecular weight is 175 g/mol. The number of rotatable bonds is 2. The summed E-state index contributed by atoms with van der Waals surface area (Å²) >= 11 is 0. The fourth-order valence-corrected chi connectivity index (χ4v) is 1.60. The molecule has 2 aromatic rings. The van der Waals surface area contributed by atoms with E-state index in [1.54, 1.807) is 0 Å². The molecule has 0 amide bonds. The van der Waals surface area contributed by atoms with Crippen LogP contribution in [0.3, 0.4) is 0 Å². The molecule has 13 heavy (non-hydrogen) atoms. The molecule has 1 aromatic carbocycles. The summed E-state index contributed by atoms with van der Waals surface area (Å²) in [5, 5.41) is 10.3. The molecule has 0 saturated heterocycles. The van der Waals surface area contributed by atoms with E-state index in [1.807, 2.05) is 31.3 Å². The Morgan fingerprint density at radius 1 is 1.38 bits per heavy atom. The van der Waals surface area contributed by atoms with Crippen molar-refractivity contribution in [3.05, 3.63) is 36.0 Å². The van der Waals surface area contributed by atoms with Gasteiger partial charge in [-0.15, -0.1) is 0 Å². The Balaban J connectivity index is 2.57. The van der Waals surface area contributed by atoms with Gasteiger partial charge in [-0.1, -0.05) is 25.1 Å². The Hall–Kier alpha value is -1.28. The molecule has 0 aliphatic carbocycles. The minimum atomic E-state index is 0.196. The van der Waals surface area contributed by atoms with Crippen LogP contribution in [0, 0.1) is 0 Å². The van der Waals surface area contributed by atoms with Crippen LogP contribution in [0.15, 0.2) is 30.5 Å². The molecule has 1 atom stereocenters. The molecule has 1 unspecified atom stereocenters. The molecule has 2 rings (SSSR count). The van der Waals surface area contributed by atoms with Crippen molar-refractivity contribution < 1.29 is 5.11 Å². The largest absolute Gasteiger partial charge is 0.396 e. The third-order valence-corrected chi connectivity index (χ3v) is 2.43. The highest BCUT2D eigenvalue weighted by molar-refractivity contribution is 5.83. The molecule has 0 spiro atoms. The van der Waals surface area contributed by atoms with Crippen LogP contribution >= 0.6 is 0 Å². The number of hydrogen-bond acceptors (Lipinski definition) is 1. The van der Waals surface area contributed by atoms with Gasteiger partial charge < -0.3 is 10.1 Å². The predicted octanol–water partition coefficient (Wildman–Crippen LogP) is 2.26.